The van der Waals surface area contributed by atoms with E-state index in [4.69, 9.17) is 0 Å². The van der Waals surface area contributed by atoms with Gasteiger partial charge in [0, 0.05) is 25.3 Å². The smallest absolute Gasteiger partial charge is 0.274 e. The zero-order valence-corrected chi connectivity index (χ0v) is 16.4. The van der Waals surface area contributed by atoms with Gasteiger partial charge in [-0.05, 0) is 44.2 Å². The van der Waals surface area contributed by atoms with E-state index >= 15 is 0 Å². The van der Waals surface area contributed by atoms with Crippen LogP contribution in [-0.2, 0) is 9.59 Å². The van der Waals surface area contributed by atoms with Crippen LogP contribution < -0.4 is 10.6 Å². The van der Waals surface area contributed by atoms with Gasteiger partial charge in [0.25, 0.3) is 6.20 Å². The molecule has 2 aliphatic heterocycles. The first-order chi connectivity index (χ1) is 14.0. The summed E-state index contributed by atoms with van der Waals surface area (Å²) in [7, 11) is 0. The minimum atomic E-state index is -0.619. The number of anilines is 1. The van der Waals surface area contributed by atoms with Crippen molar-refractivity contribution in [1.82, 2.24) is 15.1 Å². The predicted molar refractivity (Wildman–Crippen MR) is 108 cm³/mol. The van der Waals surface area contributed by atoms with Crippen LogP contribution in [0.15, 0.2) is 42.4 Å². The molecule has 1 unspecified atom stereocenters. The number of carbonyl (C=O) groups excluding carboxylic acids is 2. The Morgan fingerprint density at radius 3 is 2.52 bits per heavy atom. The largest absolute Gasteiger partial charge is 0.355 e. The van der Waals surface area contributed by atoms with Crippen LogP contribution in [0.1, 0.15) is 32.1 Å². The van der Waals surface area contributed by atoms with Crippen molar-refractivity contribution < 1.29 is 14.5 Å². The summed E-state index contributed by atoms with van der Waals surface area (Å²) in [5, 5.41) is 17.0. The molecule has 2 fully saturated rings. The summed E-state index contributed by atoms with van der Waals surface area (Å²) >= 11 is 0. The van der Waals surface area contributed by atoms with Crippen molar-refractivity contribution in [2.45, 2.75) is 38.1 Å². The van der Waals surface area contributed by atoms with E-state index in [1.54, 1.807) is 21.9 Å². The van der Waals surface area contributed by atoms with Crippen LogP contribution in [-0.4, -0.2) is 58.8 Å². The van der Waals surface area contributed by atoms with Gasteiger partial charge in [-0.2, -0.15) is 0 Å². The highest BCUT2D eigenvalue weighted by Crippen LogP contribution is 2.16. The molecular formula is C20H27N5O4. The van der Waals surface area contributed by atoms with E-state index in [0.717, 1.165) is 45.0 Å². The molecule has 0 aromatic heterocycles. The minimum absolute atomic E-state index is 0.0278. The van der Waals surface area contributed by atoms with Crippen molar-refractivity contribution in [3.8, 4) is 0 Å². The van der Waals surface area contributed by atoms with Crippen LogP contribution >= 0.6 is 0 Å². The second-order valence-corrected chi connectivity index (χ2v) is 7.36. The lowest BCUT2D eigenvalue weighted by atomic mass is 10.1. The van der Waals surface area contributed by atoms with E-state index in [0.29, 0.717) is 18.7 Å². The molecule has 2 heterocycles. The third-order valence-corrected chi connectivity index (χ3v) is 5.18. The first-order valence-electron chi connectivity index (χ1n) is 10.0. The molecule has 2 saturated heterocycles. The van der Waals surface area contributed by atoms with E-state index in [9.17, 15) is 19.7 Å². The molecule has 1 aromatic carbocycles. The van der Waals surface area contributed by atoms with Crippen LogP contribution in [0.25, 0.3) is 0 Å². The van der Waals surface area contributed by atoms with Crippen LogP contribution in [0.3, 0.4) is 0 Å². The fourth-order valence-electron chi connectivity index (χ4n) is 3.70. The summed E-state index contributed by atoms with van der Waals surface area (Å²) in [4.78, 5) is 39.4. The van der Waals surface area contributed by atoms with Crippen LogP contribution in [0.5, 0.6) is 0 Å². The van der Waals surface area contributed by atoms with E-state index in [-0.39, 0.29) is 24.2 Å². The van der Waals surface area contributed by atoms with Gasteiger partial charge in [-0.15, -0.1) is 0 Å². The van der Waals surface area contributed by atoms with Gasteiger partial charge in [0.05, 0.1) is 11.5 Å². The predicted octanol–water partition coefficient (Wildman–Crippen LogP) is 1.77. The fourth-order valence-corrected chi connectivity index (χ4v) is 3.70. The summed E-state index contributed by atoms with van der Waals surface area (Å²) < 4.78 is 0. The van der Waals surface area contributed by atoms with Crippen LogP contribution in [0.2, 0.25) is 0 Å². The van der Waals surface area contributed by atoms with Gasteiger partial charge < -0.3 is 20.4 Å². The maximum Gasteiger partial charge on any atom is 0.274 e. The molecule has 1 atom stereocenters. The van der Waals surface area contributed by atoms with E-state index < -0.39 is 11.0 Å². The highest BCUT2D eigenvalue weighted by molar-refractivity contribution is 5.88. The van der Waals surface area contributed by atoms with Crippen molar-refractivity contribution >= 4 is 17.5 Å². The first-order valence-corrected chi connectivity index (χ1v) is 10.0. The normalized spacial score (nSPS) is 20.3. The monoisotopic (exact) mass is 401 g/mol. The quantitative estimate of drug-likeness (QED) is 0.533. The number of benzene rings is 1. The summed E-state index contributed by atoms with van der Waals surface area (Å²) in [5.41, 5.74) is 0.676. The second-order valence-electron chi connectivity index (χ2n) is 7.36. The molecule has 156 valence electrons. The van der Waals surface area contributed by atoms with E-state index in [2.05, 4.69) is 10.6 Å². The van der Waals surface area contributed by atoms with E-state index in [1.165, 1.54) is 0 Å². The van der Waals surface area contributed by atoms with Crippen molar-refractivity contribution in [2.75, 3.05) is 31.5 Å². The highest BCUT2D eigenvalue weighted by atomic mass is 16.6. The molecule has 9 nitrogen and oxygen atoms in total. The van der Waals surface area contributed by atoms with E-state index in [1.807, 2.05) is 18.2 Å². The molecule has 0 bridgehead atoms. The van der Waals surface area contributed by atoms with Gasteiger partial charge in [0.1, 0.15) is 6.04 Å². The number of likely N-dealkylation sites (tertiary alicyclic amines) is 2. The van der Waals surface area contributed by atoms with Gasteiger partial charge in [0.15, 0.2) is 5.82 Å². The van der Waals surface area contributed by atoms with Crippen molar-refractivity contribution in [1.29, 1.82) is 0 Å². The number of hydrogen-bond acceptors (Lipinski definition) is 6. The summed E-state index contributed by atoms with van der Waals surface area (Å²) in [6.45, 7) is 2.09. The average molecular weight is 401 g/mol. The molecule has 9 heteroatoms. The second kappa shape index (κ2) is 9.90. The summed E-state index contributed by atoms with van der Waals surface area (Å²) in [5.74, 6) is -0.0774. The lowest BCUT2D eigenvalue weighted by molar-refractivity contribution is -0.403. The molecule has 3 rings (SSSR count). The topological polar surface area (TPSA) is 108 Å². The number of hydrogen-bond donors (Lipinski definition) is 2. The number of amides is 2. The number of nitrogens with zero attached hydrogens (tertiary/aromatic N) is 3. The van der Waals surface area contributed by atoms with Gasteiger partial charge in [-0.3, -0.25) is 19.7 Å². The summed E-state index contributed by atoms with van der Waals surface area (Å²) in [6.07, 6.45) is 4.99. The first kappa shape index (κ1) is 20.6. The molecule has 29 heavy (non-hydrogen) atoms. The maximum atomic E-state index is 13.0. The number of nitrogens with one attached hydrogen (secondary N) is 2. The number of rotatable bonds is 7. The average Bonchev–Trinajstić information content (AvgIpc) is 3.18. The minimum Gasteiger partial charge on any atom is -0.355 e. The van der Waals surface area contributed by atoms with Crippen molar-refractivity contribution in [3.05, 3.63) is 52.5 Å². The third-order valence-electron chi connectivity index (χ3n) is 5.18. The maximum absolute atomic E-state index is 13.0. The van der Waals surface area contributed by atoms with Crippen LogP contribution in [0, 0.1) is 10.1 Å². The molecule has 0 radical (unpaired) electrons. The molecule has 1 aromatic rings. The Balaban J connectivity index is 1.68. The molecular weight excluding hydrogens is 374 g/mol. The molecule has 0 spiro atoms. The Bertz CT molecular complexity index is 761. The molecule has 0 aliphatic carbocycles. The van der Waals surface area contributed by atoms with Gasteiger partial charge in [0.2, 0.25) is 11.8 Å². The Labute approximate surface area is 169 Å². The van der Waals surface area contributed by atoms with Crippen molar-refractivity contribution in [2.24, 2.45) is 0 Å². The van der Waals surface area contributed by atoms with Crippen molar-refractivity contribution in [3.63, 3.8) is 0 Å². The lowest BCUT2D eigenvalue weighted by Crippen LogP contribution is -2.49. The Morgan fingerprint density at radius 2 is 1.83 bits per heavy atom. The van der Waals surface area contributed by atoms with Gasteiger partial charge in [-0.1, -0.05) is 18.2 Å². The number of para-hydroxylation sites is 1. The molecule has 2 N–H and O–H groups in total. The molecule has 2 amide bonds. The number of nitro groups is 1. The highest BCUT2D eigenvalue weighted by Gasteiger charge is 2.30. The Morgan fingerprint density at radius 1 is 1.14 bits per heavy atom. The lowest BCUT2D eigenvalue weighted by Gasteiger charge is -2.27. The van der Waals surface area contributed by atoms with Gasteiger partial charge in [-0.25, -0.2) is 0 Å². The zero-order chi connectivity index (χ0) is 20.6. The van der Waals surface area contributed by atoms with Gasteiger partial charge >= 0.3 is 0 Å². The third kappa shape index (κ3) is 5.94. The number of carbonyl (C=O) groups is 2. The zero-order valence-electron chi connectivity index (χ0n) is 16.4. The molecule has 2 aliphatic rings. The Hall–Kier alpha value is -3.10. The summed E-state index contributed by atoms with van der Waals surface area (Å²) in [6, 6.07) is 8.42. The SMILES string of the molecule is O=C(CN1CCCCC(NC(=C[N+](=O)[O-])Nc2ccccc2)C1=O)N1CCCC1. The molecule has 0 saturated carbocycles. The Kier molecular flexibility index (Phi) is 7.04. The fraction of sp³-hybridized carbons (Fsp3) is 0.500. The standard InChI is InChI=1S/C20H27N5O4/c26-19(23-11-6-7-12-23)15-24-13-5-4-10-17(20(24)27)22-18(14-25(28)29)21-16-8-2-1-3-9-16/h1-3,8-9,14,17,21-22H,4-7,10-13,15H2. The van der Waals surface area contributed by atoms with Crippen LogP contribution in [0.4, 0.5) is 5.69 Å².